The summed E-state index contributed by atoms with van der Waals surface area (Å²) >= 11 is 0. The molecule has 0 atom stereocenters. The number of aromatic nitrogens is 1. The topological polar surface area (TPSA) is 39.2 Å². The van der Waals surface area contributed by atoms with Crippen molar-refractivity contribution in [1.29, 1.82) is 0 Å². The molecule has 2 aromatic heterocycles. The minimum absolute atomic E-state index is 0.348. The number of nitrogens with zero attached hydrogens (tertiary/aromatic N) is 1. The Morgan fingerprint density at radius 1 is 0.568 bits per heavy atom. The Hall–Kier alpha value is -4.63. The van der Waals surface area contributed by atoms with Gasteiger partial charge in [0.05, 0.1) is 5.56 Å². The molecule has 0 saturated heterocycles. The summed E-state index contributed by atoms with van der Waals surface area (Å²) in [5.41, 5.74) is 10.1. The number of furan rings is 1. The third-order valence-corrected chi connectivity index (χ3v) is 7.12. The van der Waals surface area contributed by atoms with Gasteiger partial charge in [-0.1, -0.05) is 105 Å². The van der Waals surface area contributed by atoms with Crippen LogP contribution in [0.25, 0.3) is 66.7 Å². The quantitative estimate of drug-likeness (QED) is 0.252. The van der Waals surface area contributed by atoms with Crippen LogP contribution in [0.1, 0.15) is 25.3 Å². The molecule has 3 heteroatoms. The summed E-state index contributed by atoms with van der Waals surface area (Å²) in [5.74, 6) is 0.916. The fourth-order valence-electron chi connectivity index (χ4n) is 5.29. The second-order valence-corrected chi connectivity index (χ2v) is 9.78. The Balaban J connectivity index is 1.40. The molecule has 7 rings (SSSR count). The van der Waals surface area contributed by atoms with Crippen LogP contribution in [0.4, 0.5) is 0 Å². The Labute approximate surface area is 215 Å². The minimum Gasteiger partial charge on any atom is -0.455 e. The molecule has 0 amide bonds. The number of para-hydroxylation sites is 3. The van der Waals surface area contributed by atoms with E-state index in [9.17, 15) is 0 Å². The molecule has 0 N–H and O–H groups in total. The lowest BCUT2D eigenvalue weighted by molar-refractivity contribution is 0.616. The van der Waals surface area contributed by atoms with Crippen molar-refractivity contribution in [3.05, 3.63) is 115 Å². The number of hydrogen-bond acceptors (Lipinski definition) is 3. The molecule has 5 aromatic carbocycles. The summed E-state index contributed by atoms with van der Waals surface area (Å²) in [7, 11) is 0. The normalized spacial score (nSPS) is 11.8. The summed E-state index contributed by atoms with van der Waals surface area (Å²) in [6.07, 6.45) is 0. The predicted molar refractivity (Wildman–Crippen MR) is 152 cm³/mol. The van der Waals surface area contributed by atoms with Gasteiger partial charge in [0.15, 0.2) is 5.58 Å². The molecule has 178 valence electrons. The van der Waals surface area contributed by atoms with Crippen molar-refractivity contribution >= 4 is 33.0 Å². The van der Waals surface area contributed by atoms with Crippen LogP contribution in [0, 0.1) is 0 Å². The van der Waals surface area contributed by atoms with E-state index >= 15 is 0 Å². The van der Waals surface area contributed by atoms with Crippen molar-refractivity contribution in [2.45, 2.75) is 19.8 Å². The molecule has 0 bridgehead atoms. The molecule has 7 aromatic rings. The number of benzene rings is 5. The highest BCUT2D eigenvalue weighted by Crippen LogP contribution is 2.40. The first kappa shape index (κ1) is 21.6. The van der Waals surface area contributed by atoms with Crippen LogP contribution >= 0.6 is 0 Å². The summed E-state index contributed by atoms with van der Waals surface area (Å²) in [6.45, 7) is 4.48. The summed E-state index contributed by atoms with van der Waals surface area (Å²) in [4.78, 5) is 4.90. The van der Waals surface area contributed by atoms with Crippen molar-refractivity contribution in [3.8, 4) is 33.7 Å². The third-order valence-electron chi connectivity index (χ3n) is 7.12. The Morgan fingerprint density at radius 2 is 1.32 bits per heavy atom. The van der Waals surface area contributed by atoms with Crippen molar-refractivity contribution in [3.63, 3.8) is 0 Å². The molecule has 0 aliphatic carbocycles. The lowest BCUT2D eigenvalue weighted by Crippen LogP contribution is -1.94. The van der Waals surface area contributed by atoms with Crippen molar-refractivity contribution < 1.29 is 8.83 Å². The predicted octanol–water partition coefficient (Wildman–Crippen LogP) is 9.85. The van der Waals surface area contributed by atoms with Gasteiger partial charge in [-0.25, -0.2) is 4.98 Å². The van der Waals surface area contributed by atoms with E-state index in [1.807, 2.05) is 36.4 Å². The van der Waals surface area contributed by atoms with Crippen LogP contribution in [-0.2, 0) is 0 Å². The van der Waals surface area contributed by atoms with Crippen LogP contribution in [0.15, 0.2) is 118 Å². The van der Waals surface area contributed by atoms with Gasteiger partial charge >= 0.3 is 0 Å². The Bertz CT molecular complexity index is 1910. The maximum absolute atomic E-state index is 6.52. The van der Waals surface area contributed by atoms with Gasteiger partial charge in [-0.15, -0.1) is 0 Å². The molecule has 0 fully saturated rings. The molecule has 0 unspecified atom stereocenters. The molecule has 37 heavy (non-hydrogen) atoms. The first-order valence-corrected chi connectivity index (χ1v) is 12.7. The second-order valence-electron chi connectivity index (χ2n) is 9.78. The highest BCUT2D eigenvalue weighted by Gasteiger charge is 2.20. The van der Waals surface area contributed by atoms with Crippen LogP contribution in [0.3, 0.4) is 0 Å². The van der Waals surface area contributed by atoms with Crippen LogP contribution in [0.2, 0.25) is 0 Å². The zero-order valence-corrected chi connectivity index (χ0v) is 20.7. The van der Waals surface area contributed by atoms with E-state index in [-0.39, 0.29) is 0 Å². The standard InChI is InChI=1S/C34H25NO2/c1-21(2)29-20-23(22-10-4-3-5-11-22)18-19-24(29)26-14-9-16-30-33(26)37-34(35-30)28-15-8-13-27-25-12-6-7-17-31(25)36-32(27)28/h3-21H,1-2H3. The van der Waals surface area contributed by atoms with Gasteiger partial charge in [0, 0.05) is 16.3 Å². The van der Waals surface area contributed by atoms with E-state index in [0.717, 1.165) is 44.2 Å². The average Bonchev–Trinajstić information content (AvgIpc) is 3.55. The zero-order chi connectivity index (χ0) is 24.9. The summed E-state index contributed by atoms with van der Waals surface area (Å²) < 4.78 is 12.8. The van der Waals surface area contributed by atoms with E-state index in [1.54, 1.807) is 0 Å². The van der Waals surface area contributed by atoms with Crippen LogP contribution in [0.5, 0.6) is 0 Å². The molecular formula is C34H25NO2. The molecule has 0 radical (unpaired) electrons. The highest BCUT2D eigenvalue weighted by molar-refractivity contribution is 6.09. The van der Waals surface area contributed by atoms with Gasteiger partial charge in [-0.2, -0.15) is 0 Å². The van der Waals surface area contributed by atoms with Gasteiger partial charge < -0.3 is 8.83 Å². The van der Waals surface area contributed by atoms with Gasteiger partial charge in [0.1, 0.15) is 16.7 Å². The second kappa shape index (κ2) is 8.49. The van der Waals surface area contributed by atoms with Gasteiger partial charge in [0.2, 0.25) is 5.89 Å². The van der Waals surface area contributed by atoms with Crippen LogP contribution < -0.4 is 0 Å². The van der Waals surface area contributed by atoms with E-state index < -0.39 is 0 Å². The zero-order valence-electron chi connectivity index (χ0n) is 20.7. The summed E-state index contributed by atoms with van der Waals surface area (Å²) in [5, 5.41) is 2.16. The minimum atomic E-state index is 0.348. The monoisotopic (exact) mass is 479 g/mol. The number of oxazole rings is 1. The molecular weight excluding hydrogens is 454 g/mol. The van der Waals surface area contributed by atoms with Crippen molar-refractivity contribution in [1.82, 2.24) is 4.98 Å². The maximum atomic E-state index is 6.52. The van der Waals surface area contributed by atoms with E-state index in [0.29, 0.717) is 11.8 Å². The van der Waals surface area contributed by atoms with Gasteiger partial charge in [0.25, 0.3) is 0 Å². The highest BCUT2D eigenvalue weighted by atomic mass is 16.4. The number of fused-ring (bicyclic) bond motifs is 4. The van der Waals surface area contributed by atoms with E-state index in [1.165, 1.54) is 22.3 Å². The van der Waals surface area contributed by atoms with Gasteiger partial charge in [-0.3, -0.25) is 0 Å². The molecule has 0 saturated carbocycles. The molecule has 0 aliphatic rings. The molecule has 2 heterocycles. The van der Waals surface area contributed by atoms with Crippen molar-refractivity contribution in [2.24, 2.45) is 0 Å². The largest absolute Gasteiger partial charge is 0.455 e. The van der Waals surface area contributed by atoms with E-state index in [4.69, 9.17) is 13.8 Å². The Kier molecular flexibility index (Phi) is 4.97. The Morgan fingerprint density at radius 3 is 2.19 bits per heavy atom. The fraction of sp³-hybridized carbons (Fsp3) is 0.0882. The summed E-state index contributed by atoms with van der Waals surface area (Å²) in [6, 6.07) is 37.7. The van der Waals surface area contributed by atoms with E-state index in [2.05, 4.69) is 86.6 Å². The first-order valence-electron chi connectivity index (χ1n) is 12.7. The lowest BCUT2D eigenvalue weighted by Gasteiger charge is -2.15. The smallest absolute Gasteiger partial charge is 0.231 e. The SMILES string of the molecule is CC(C)c1cc(-c2ccccc2)ccc1-c1cccc2nc(-c3cccc4c3oc3ccccc34)oc12. The van der Waals surface area contributed by atoms with Crippen molar-refractivity contribution in [2.75, 3.05) is 0 Å². The maximum Gasteiger partial charge on any atom is 0.231 e. The number of hydrogen-bond donors (Lipinski definition) is 0. The average molecular weight is 480 g/mol. The third kappa shape index (κ3) is 3.54. The molecule has 0 aliphatic heterocycles. The first-order chi connectivity index (χ1) is 18.2. The molecule has 3 nitrogen and oxygen atoms in total. The fourth-order valence-corrected chi connectivity index (χ4v) is 5.29. The lowest BCUT2D eigenvalue weighted by atomic mass is 9.89. The molecule has 0 spiro atoms. The van der Waals surface area contributed by atoms with Crippen LogP contribution in [-0.4, -0.2) is 4.98 Å². The number of rotatable bonds is 4. The van der Waals surface area contributed by atoms with Gasteiger partial charge in [-0.05, 0) is 46.4 Å².